The first-order valence-electron chi connectivity index (χ1n) is 13.8. The number of hydrogen-bond donors (Lipinski definition) is 4. The number of nitrogens with zero attached hydrogens (tertiary/aromatic N) is 2. The molecule has 3 atom stereocenters. The number of rotatable bonds is 7. The summed E-state index contributed by atoms with van der Waals surface area (Å²) in [6.07, 6.45) is -6.23. The van der Waals surface area contributed by atoms with Gasteiger partial charge in [-0.05, 0) is 42.8 Å². The van der Waals surface area contributed by atoms with E-state index in [1.54, 1.807) is 72.8 Å². The maximum absolute atomic E-state index is 14.5. The molecule has 46 heavy (non-hydrogen) atoms. The minimum atomic E-state index is -5.40. The normalized spacial score (nSPS) is 15.9. The number of carbonyl (C=O) groups excluding carboxylic acids is 4. The van der Waals surface area contributed by atoms with Crippen molar-refractivity contribution in [2.45, 2.75) is 36.9 Å². The highest BCUT2D eigenvalue weighted by Gasteiger charge is 2.45. The third-order valence-electron chi connectivity index (χ3n) is 6.81. The lowest BCUT2D eigenvalue weighted by molar-refractivity contribution is -0.202. The molecule has 14 heteroatoms. The molecule has 0 bridgehead atoms. The van der Waals surface area contributed by atoms with E-state index in [9.17, 15) is 32.3 Å². The van der Waals surface area contributed by atoms with Crippen molar-refractivity contribution < 1.29 is 37.1 Å². The number of alkyl halides is 3. The van der Waals surface area contributed by atoms with Gasteiger partial charge in [0, 0.05) is 23.8 Å². The molecule has 2 amide bonds. The quantitative estimate of drug-likeness (QED) is 0.0752. The zero-order chi connectivity index (χ0) is 33.6. The van der Waals surface area contributed by atoms with Crippen molar-refractivity contribution in [1.29, 1.82) is 5.41 Å². The van der Waals surface area contributed by atoms with Crippen molar-refractivity contribution in [2.75, 3.05) is 11.4 Å². The van der Waals surface area contributed by atoms with E-state index in [2.05, 4.69) is 34.5 Å². The van der Waals surface area contributed by atoms with Gasteiger partial charge in [0.15, 0.2) is 5.96 Å². The second-order valence-electron chi connectivity index (χ2n) is 10.2. The maximum Gasteiger partial charge on any atom is 0.491 e. The number of guanidine groups is 1. The maximum atomic E-state index is 14.5. The highest BCUT2D eigenvalue weighted by Crippen LogP contribution is 2.40. The summed E-state index contributed by atoms with van der Waals surface area (Å²) in [6, 6.07) is 18.8. The first-order chi connectivity index (χ1) is 21.8. The van der Waals surface area contributed by atoms with E-state index >= 15 is 0 Å². The predicted molar refractivity (Wildman–Crippen MR) is 166 cm³/mol. The molecule has 4 N–H and O–H groups in total. The van der Waals surface area contributed by atoms with Crippen LogP contribution in [0.15, 0.2) is 78.9 Å². The molecule has 238 valence electrons. The summed E-state index contributed by atoms with van der Waals surface area (Å²) in [5.74, 6) is 0.0199. The molecule has 0 radical (unpaired) electrons. The third kappa shape index (κ3) is 7.86. The SMILES string of the molecule is CC(CC(=O)OC(=O)C(F)(F)F)N1C(=O)c2cc(C#CC(S)CNC(=N)N)ccc2N(c2ccccc2)C(=O)C1c1ccccc1. The summed E-state index contributed by atoms with van der Waals surface area (Å²) in [4.78, 5) is 55.2. The Morgan fingerprint density at radius 2 is 1.70 bits per heavy atom. The fraction of sp³-hybridized carbons (Fsp3) is 0.219. The van der Waals surface area contributed by atoms with Gasteiger partial charge in [-0.3, -0.25) is 24.7 Å². The second-order valence-corrected chi connectivity index (χ2v) is 10.8. The molecule has 0 aliphatic carbocycles. The van der Waals surface area contributed by atoms with Crippen LogP contribution in [0.1, 0.15) is 40.9 Å². The van der Waals surface area contributed by atoms with Crippen LogP contribution < -0.4 is 16.0 Å². The number of thiol groups is 1. The number of halogens is 3. The molecule has 4 rings (SSSR count). The third-order valence-corrected chi connectivity index (χ3v) is 7.12. The van der Waals surface area contributed by atoms with Crippen LogP contribution in [0.3, 0.4) is 0 Å². The Bertz CT molecular complexity index is 1710. The molecular formula is C32H28F3N5O5S. The van der Waals surface area contributed by atoms with Crippen LogP contribution in [0, 0.1) is 17.3 Å². The largest absolute Gasteiger partial charge is 0.491 e. The summed E-state index contributed by atoms with van der Waals surface area (Å²) < 4.78 is 42.3. The minimum absolute atomic E-state index is 0.0200. The monoisotopic (exact) mass is 651 g/mol. The Morgan fingerprint density at radius 1 is 1.07 bits per heavy atom. The Hall–Kier alpha value is -5.29. The molecule has 3 aromatic carbocycles. The molecule has 0 aromatic heterocycles. The predicted octanol–water partition coefficient (Wildman–Crippen LogP) is 4.09. The van der Waals surface area contributed by atoms with E-state index in [4.69, 9.17) is 11.1 Å². The van der Waals surface area contributed by atoms with E-state index in [0.29, 0.717) is 16.8 Å². The first kappa shape index (κ1) is 33.6. The Morgan fingerprint density at radius 3 is 2.30 bits per heavy atom. The summed E-state index contributed by atoms with van der Waals surface area (Å²) in [6.45, 7) is 1.54. The minimum Gasteiger partial charge on any atom is -0.386 e. The lowest BCUT2D eigenvalue weighted by atomic mass is 10.0. The number of hydrogen-bond acceptors (Lipinski definition) is 7. The van der Waals surface area contributed by atoms with Gasteiger partial charge < -0.3 is 20.7 Å². The van der Waals surface area contributed by atoms with Crippen LogP contribution in [0.25, 0.3) is 0 Å². The highest BCUT2D eigenvalue weighted by molar-refractivity contribution is 7.81. The van der Waals surface area contributed by atoms with E-state index in [1.807, 2.05) is 0 Å². The lowest BCUT2D eigenvalue weighted by Gasteiger charge is -2.35. The number of nitrogens with two attached hydrogens (primary N) is 1. The molecule has 0 fully saturated rings. The van der Waals surface area contributed by atoms with Gasteiger partial charge in [0.25, 0.3) is 11.8 Å². The number of esters is 2. The molecule has 3 unspecified atom stereocenters. The van der Waals surface area contributed by atoms with Gasteiger partial charge in [-0.2, -0.15) is 25.8 Å². The van der Waals surface area contributed by atoms with Crippen LogP contribution in [0.4, 0.5) is 24.5 Å². The number of nitrogens with one attached hydrogen (secondary N) is 2. The van der Waals surface area contributed by atoms with Gasteiger partial charge in [-0.25, -0.2) is 4.79 Å². The van der Waals surface area contributed by atoms with Gasteiger partial charge in [0.05, 0.1) is 22.9 Å². The van der Waals surface area contributed by atoms with Crippen molar-refractivity contribution in [3.05, 3.63) is 95.6 Å². The van der Waals surface area contributed by atoms with E-state index < -0.39 is 53.7 Å². The molecule has 0 saturated heterocycles. The number of ether oxygens (including phenoxy) is 1. The van der Waals surface area contributed by atoms with E-state index in [0.717, 1.165) is 4.90 Å². The van der Waals surface area contributed by atoms with Crippen molar-refractivity contribution in [3.8, 4) is 11.8 Å². The van der Waals surface area contributed by atoms with E-state index in [1.165, 1.54) is 17.9 Å². The Balaban J connectivity index is 1.84. The van der Waals surface area contributed by atoms with Crippen molar-refractivity contribution >= 4 is 53.7 Å². The van der Waals surface area contributed by atoms with Crippen LogP contribution in [0.5, 0.6) is 0 Å². The van der Waals surface area contributed by atoms with E-state index in [-0.39, 0.29) is 23.8 Å². The Kier molecular flexibility index (Phi) is 10.4. The average molecular weight is 652 g/mol. The zero-order valence-electron chi connectivity index (χ0n) is 24.2. The van der Waals surface area contributed by atoms with Gasteiger partial charge in [-0.1, -0.05) is 60.4 Å². The zero-order valence-corrected chi connectivity index (χ0v) is 25.1. The number of anilines is 2. The van der Waals surface area contributed by atoms with Crippen molar-refractivity contribution in [1.82, 2.24) is 10.2 Å². The molecule has 1 aliphatic heterocycles. The van der Waals surface area contributed by atoms with Gasteiger partial charge in [-0.15, -0.1) is 0 Å². The summed E-state index contributed by atoms with van der Waals surface area (Å²) in [7, 11) is 0. The molecule has 3 aromatic rings. The van der Waals surface area contributed by atoms with Crippen molar-refractivity contribution in [3.63, 3.8) is 0 Å². The molecule has 0 saturated carbocycles. The Labute approximate surface area is 267 Å². The number of fused-ring (bicyclic) bond motifs is 1. The highest BCUT2D eigenvalue weighted by atomic mass is 32.1. The van der Waals surface area contributed by atoms with Crippen LogP contribution >= 0.6 is 12.6 Å². The summed E-state index contributed by atoms with van der Waals surface area (Å²) in [5.41, 5.74) is 6.71. The topological polar surface area (TPSA) is 146 Å². The molecule has 1 aliphatic rings. The fourth-order valence-electron chi connectivity index (χ4n) is 4.80. The second kappa shape index (κ2) is 14.2. The standard InChI is InChI=1S/C32H28F3N5O5S/c1-19(16-26(41)45-30(44)32(33,34)35)39-27(21-8-4-2-5-9-21)29(43)40(22-10-6-3-7-11-22)25-15-13-20(17-24(25)28(39)42)12-14-23(46)18-38-31(36)37/h2-11,13,15,17,19,23,27,46H,16,18H2,1H3,(H4,36,37,38). The average Bonchev–Trinajstić information content (AvgIpc) is 3.10. The number of amides is 2. The molecule has 10 nitrogen and oxygen atoms in total. The fourth-order valence-corrected chi connectivity index (χ4v) is 4.96. The van der Waals surface area contributed by atoms with Crippen molar-refractivity contribution in [2.24, 2.45) is 5.73 Å². The smallest absolute Gasteiger partial charge is 0.386 e. The van der Waals surface area contributed by atoms with Gasteiger partial charge in [0.2, 0.25) is 0 Å². The van der Waals surface area contributed by atoms with Crippen LogP contribution in [0.2, 0.25) is 0 Å². The molecule has 0 spiro atoms. The molecular weight excluding hydrogens is 623 g/mol. The number of benzene rings is 3. The number of carbonyl (C=O) groups is 4. The summed E-state index contributed by atoms with van der Waals surface area (Å²) in [5, 5.41) is 9.36. The van der Waals surface area contributed by atoms with Crippen LogP contribution in [-0.4, -0.2) is 58.6 Å². The number of para-hydroxylation sites is 1. The first-order valence-corrected chi connectivity index (χ1v) is 14.3. The van der Waals surface area contributed by atoms with Crippen LogP contribution in [-0.2, 0) is 19.1 Å². The molecule has 1 heterocycles. The lowest BCUT2D eigenvalue weighted by Crippen LogP contribution is -2.46. The summed E-state index contributed by atoms with van der Waals surface area (Å²) >= 11 is 4.35. The van der Waals surface area contributed by atoms with Gasteiger partial charge >= 0.3 is 18.1 Å². The van der Waals surface area contributed by atoms with Gasteiger partial charge in [0.1, 0.15) is 6.04 Å².